The topological polar surface area (TPSA) is 82.6 Å². The van der Waals surface area contributed by atoms with Gasteiger partial charge >= 0.3 is 6.03 Å². The number of amides is 4. The first kappa shape index (κ1) is 19.5. The molecule has 1 saturated carbocycles. The van der Waals surface area contributed by atoms with Crippen molar-refractivity contribution in [1.29, 1.82) is 0 Å². The van der Waals surface area contributed by atoms with Gasteiger partial charge in [-0.2, -0.15) is 0 Å². The number of imide groups is 1. The van der Waals surface area contributed by atoms with Gasteiger partial charge < -0.3 is 10.2 Å². The average molecular weight is 427 g/mol. The molecule has 3 atom stereocenters. The molecule has 2 saturated heterocycles. The van der Waals surface area contributed by atoms with Gasteiger partial charge in [0.05, 0.1) is 16.3 Å². The van der Waals surface area contributed by atoms with Crippen molar-refractivity contribution in [3.63, 3.8) is 0 Å². The Morgan fingerprint density at radius 3 is 2.87 bits per heavy atom. The summed E-state index contributed by atoms with van der Waals surface area (Å²) in [7, 11) is 0. The number of para-hydroxylation sites is 1. The van der Waals surface area contributed by atoms with Crippen molar-refractivity contribution in [3.8, 4) is 0 Å². The number of likely N-dealkylation sites (tertiary alicyclic amines) is 1. The number of carbonyl (C=O) groups excluding carboxylic acids is 3. The normalized spacial score (nSPS) is 29.2. The largest absolute Gasteiger partial charge is 0.332 e. The van der Waals surface area contributed by atoms with Crippen LogP contribution in [0.15, 0.2) is 24.3 Å². The molecule has 7 nitrogen and oxygen atoms in total. The maximum absolute atomic E-state index is 13.2. The van der Waals surface area contributed by atoms with Crippen LogP contribution in [0.2, 0.25) is 0 Å². The highest BCUT2D eigenvalue weighted by atomic mass is 32.1. The quantitative estimate of drug-likeness (QED) is 0.762. The van der Waals surface area contributed by atoms with Crippen molar-refractivity contribution in [3.05, 3.63) is 29.3 Å². The van der Waals surface area contributed by atoms with Gasteiger partial charge in [0.25, 0.3) is 5.91 Å². The third kappa shape index (κ3) is 3.00. The minimum absolute atomic E-state index is 0.0850. The molecule has 1 aromatic heterocycles. The van der Waals surface area contributed by atoms with E-state index in [1.54, 1.807) is 16.2 Å². The Balaban J connectivity index is 1.34. The Bertz CT molecular complexity index is 988. The molecule has 3 fully saturated rings. The number of carbonyl (C=O) groups is 3. The summed E-state index contributed by atoms with van der Waals surface area (Å²) in [4.78, 5) is 46.7. The van der Waals surface area contributed by atoms with Crippen LogP contribution >= 0.6 is 11.3 Å². The number of fused-ring (bicyclic) bond motifs is 1. The number of aromatic nitrogens is 1. The van der Waals surface area contributed by atoms with E-state index in [1.807, 2.05) is 31.2 Å². The van der Waals surface area contributed by atoms with Crippen LogP contribution in [0.3, 0.4) is 0 Å². The summed E-state index contributed by atoms with van der Waals surface area (Å²) in [6.07, 6.45) is 5.31. The van der Waals surface area contributed by atoms with Crippen molar-refractivity contribution in [2.24, 2.45) is 5.92 Å². The highest BCUT2D eigenvalue weighted by molar-refractivity contribution is 7.18. The summed E-state index contributed by atoms with van der Waals surface area (Å²) in [6.45, 7) is 2.46. The number of urea groups is 1. The highest BCUT2D eigenvalue weighted by Crippen LogP contribution is 2.39. The fourth-order valence-corrected chi connectivity index (χ4v) is 6.33. The third-order valence-electron chi connectivity index (χ3n) is 6.96. The first-order chi connectivity index (χ1) is 14.5. The summed E-state index contributed by atoms with van der Waals surface area (Å²) in [5.74, 6) is -0.324. The van der Waals surface area contributed by atoms with E-state index in [0.717, 1.165) is 52.2 Å². The van der Waals surface area contributed by atoms with Crippen LogP contribution in [0.4, 0.5) is 4.79 Å². The van der Waals surface area contributed by atoms with E-state index in [9.17, 15) is 14.4 Å². The fraction of sp³-hybridized carbons (Fsp3) is 0.545. The van der Waals surface area contributed by atoms with Crippen LogP contribution in [-0.4, -0.2) is 51.3 Å². The molecule has 2 aliphatic heterocycles. The van der Waals surface area contributed by atoms with Crippen LogP contribution < -0.4 is 5.32 Å². The van der Waals surface area contributed by atoms with Gasteiger partial charge in [-0.3, -0.25) is 14.5 Å². The van der Waals surface area contributed by atoms with E-state index in [-0.39, 0.29) is 30.3 Å². The zero-order valence-electron chi connectivity index (χ0n) is 17.1. The third-order valence-corrected chi connectivity index (χ3v) is 8.10. The van der Waals surface area contributed by atoms with Gasteiger partial charge in [0.15, 0.2) is 0 Å². The van der Waals surface area contributed by atoms with Gasteiger partial charge in [-0.25, -0.2) is 9.78 Å². The van der Waals surface area contributed by atoms with E-state index in [2.05, 4.69) is 5.32 Å². The first-order valence-corrected chi connectivity index (χ1v) is 11.6. The lowest BCUT2D eigenvalue weighted by atomic mass is 9.73. The standard InChI is InChI=1S/C22H26N4O3S/c1-14-7-4-5-11-22(14)20(28)26(21(29)24-22)13-18(27)25-12-6-9-16(25)19-23-15-8-2-3-10-17(15)30-19/h2-3,8,10,14,16H,4-7,9,11-13H2,1H3,(H,24,29)/t14-,16+,22-/m0/s1. The highest BCUT2D eigenvalue weighted by Gasteiger charge is 2.55. The summed E-state index contributed by atoms with van der Waals surface area (Å²) in [5, 5.41) is 3.86. The molecular formula is C22H26N4O3S. The van der Waals surface area contributed by atoms with Gasteiger partial charge in [0, 0.05) is 6.54 Å². The van der Waals surface area contributed by atoms with Crippen molar-refractivity contribution in [2.45, 2.75) is 57.0 Å². The van der Waals surface area contributed by atoms with Gasteiger partial charge in [0.1, 0.15) is 17.1 Å². The van der Waals surface area contributed by atoms with E-state index in [1.165, 1.54) is 0 Å². The van der Waals surface area contributed by atoms with Crippen LogP contribution in [0.1, 0.15) is 56.5 Å². The summed E-state index contributed by atoms with van der Waals surface area (Å²) < 4.78 is 1.11. The minimum atomic E-state index is -0.826. The summed E-state index contributed by atoms with van der Waals surface area (Å²) in [5.41, 5.74) is 0.117. The van der Waals surface area contributed by atoms with Crippen LogP contribution in [-0.2, 0) is 9.59 Å². The Kier molecular flexibility index (Phi) is 4.76. The average Bonchev–Trinajstić information content (AvgIpc) is 3.43. The van der Waals surface area contributed by atoms with Gasteiger partial charge in [-0.05, 0) is 43.7 Å². The molecule has 0 radical (unpaired) electrons. The molecule has 1 N–H and O–H groups in total. The lowest BCUT2D eigenvalue weighted by Crippen LogP contribution is -2.54. The lowest BCUT2D eigenvalue weighted by Gasteiger charge is -2.36. The van der Waals surface area contributed by atoms with Gasteiger partial charge in [0.2, 0.25) is 5.91 Å². The van der Waals surface area contributed by atoms with Gasteiger partial charge in [-0.1, -0.05) is 31.9 Å². The maximum Gasteiger partial charge on any atom is 0.325 e. The SMILES string of the molecule is C[C@H]1CCCC[C@]12NC(=O)N(CC(=O)N1CCC[C@@H]1c1nc3ccccc3s1)C2=O. The zero-order chi connectivity index (χ0) is 20.9. The van der Waals surface area contributed by atoms with Crippen LogP contribution in [0.5, 0.6) is 0 Å². The monoisotopic (exact) mass is 426 g/mol. The Labute approximate surface area is 179 Å². The second kappa shape index (κ2) is 7.34. The molecule has 0 bridgehead atoms. The van der Waals surface area contributed by atoms with E-state index in [0.29, 0.717) is 13.0 Å². The number of rotatable bonds is 3. The Morgan fingerprint density at radius 2 is 2.07 bits per heavy atom. The van der Waals surface area contributed by atoms with E-state index in [4.69, 9.17) is 4.98 Å². The van der Waals surface area contributed by atoms with Crippen molar-refractivity contribution in [1.82, 2.24) is 20.1 Å². The molecule has 30 heavy (non-hydrogen) atoms. The second-order valence-corrected chi connectivity index (χ2v) is 9.77. The number of nitrogens with one attached hydrogen (secondary N) is 1. The predicted molar refractivity (Wildman–Crippen MR) is 114 cm³/mol. The number of hydrogen-bond acceptors (Lipinski definition) is 5. The molecule has 0 unspecified atom stereocenters. The molecule has 8 heteroatoms. The lowest BCUT2D eigenvalue weighted by molar-refractivity contribution is -0.141. The fourth-order valence-electron chi connectivity index (χ4n) is 5.22. The number of nitrogens with zero attached hydrogens (tertiary/aromatic N) is 3. The van der Waals surface area contributed by atoms with Crippen LogP contribution in [0.25, 0.3) is 10.2 Å². The Morgan fingerprint density at radius 1 is 1.23 bits per heavy atom. The van der Waals surface area contributed by atoms with Gasteiger partial charge in [-0.15, -0.1) is 11.3 Å². The van der Waals surface area contributed by atoms with Crippen molar-refractivity contribution >= 4 is 39.4 Å². The number of benzene rings is 1. The molecule has 3 aliphatic rings. The summed E-state index contributed by atoms with van der Waals surface area (Å²) in [6, 6.07) is 7.45. The second-order valence-electron chi connectivity index (χ2n) is 8.70. The van der Waals surface area contributed by atoms with E-state index < -0.39 is 11.6 Å². The maximum atomic E-state index is 13.2. The summed E-state index contributed by atoms with van der Waals surface area (Å²) >= 11 is 1.61. The predicted octanol–water partition coefficient (Wildman–Crippen LogP) is 3.46. The zero-order valence-corrected chi connectivity index (χ0v) is 17.9. The minimum Gasteiger partial charge on any atom is -0.332 e. The molecule has 2 aromatic rings. The van der Waals surface area contributed by atoms with Crippen molar-refractivity contribution in [2.75, 3.05) is 13.1 Å². The molecule has 1 aliphatic carbocycles. The number of thiazole rings is 1. The van der Waals surface area contributed by atoms with Crippen LogP contribution in [0, 0.1) is 5.92 Å². The molecule has 3 heterocycles. The molecule has 4 amide bonds. The van der Waals surface area contributed by atoms with Crippen molar-refractivity contribution < 1.29 is 14.4 Å². The number of hydrogen-bond donors (Lipinski definition) is 1. The molecule has 158 valence electrons. The van der Waals surface area contributed by atoms with E-state index >= 15 is 0 Å². The molecule has 1 spiro atoms. The Hall–Kier alpha value is -2.48. The molecule has 1 aromatic carbocycles. The molecule has 5 rings (SSSR count). The molecular weight excluding hydrogens is 400 g/mol. The first-order valence-electron chi connectivity index (χ1n) is 10.8. The smallest absolute Gasteiger partial charge is 0.325 e.